The third kappa shape index (κ3) is 5.23. The summed E-state index contributed by atoms with van der Waals surface area (Å²) in [6, 6.07) is 13.1. The minimum Gasteiger partial charge on any atom is -0.352 e. The van der Waals surface area contributed by atoms with Gasteiger partial charge >= 0.3 is 0 Å². The molecule has 0 aliphatic carbocycles. The number of rotatable bonds is 6. The van der Waals surface area contributed by atoms with Gasteiger partial charge in [0.2, 0.25) is 5.91 Å². The predicted octanol–water partition coefficient (Wildman–Crippen LogP) is 3.47. The zero-order valence-electron chi connectivity index (χ0n) is 12.1. The molecule has 0 aliphatic heterocycles. The molecule has 0 unspecified atom stereocenters. The maximum absolute atomic E-state index is 12.2. The first kappa shape index (κ1) is 17.8. The second kappa shape index (κ2) is 7.81. The van der Waals surface area contributed by atoms with E-state index in [-0.39, 0.29) is 29.5 Å². The number of halogens is 2. The van der Waals surface area contributed by atoms with Crippen LogP contribution in [0.2, 0.25) is 10.0 Å². The van der Waals surface area contributed by atoms with Crippen LogP contribution in [0, 0.1) is 0 Å². The molecule has 23 heavy (non-hydrogen) atoms. The number of carbonyl (C=O) groups excluding carboxylic acids is 1. The van der Waals surface area contributed by atoms with E-state index in [2.05, 4.69) is 5.32 Å². The average molecular weight is 372 g/mol. The van der Waals surface area contributed by atoms with Crippen molar-refractivity contribution >= 4 is 38.9 Å². The van der Waals surface area contributed by atoms with Gasteiger partial charge in [0, 0.05) is 23.0 Å². The molecule has 0 aliphatic rings. The first-order valence-electron chi connectivity index (χ1n) is 6.87. The third-order valence-electron chi connectivity index (χ3n) is 3.19. The molecule has 2 aromatic carbocycles. The Morgan fingerprint density at radius 3 is 2.48 bits per heavy atom. The summed E-state index contributed by atoms with van der Waals surface area (Å²) >= 11 is 11.8. The lowest BCUT2D eigenvalue weighted by atomic mass is 10.2. The number of nitrogens with one attached hydrogen (secondary N) is 1. The van der Waals surface area contributed by atoms with Crippen LogP contribution in [-0.2, 0) is 21.2 Å². The van der Waals surface area contributed by atoms with E-state index in [0.717, 1.165) is 5.56 Å². The highest BCUT2D eigenvalue weighted by Crippen LogP contribution is 2.17. The molecule has 2 aromatic rings. The molecule has 0 saturated heterocycles. The smallest absolute Gasteiger partial charge is 0.221 e. The van der Waals surface area contributed by atoms with Gasteiger partial charge in [-0.05, 0) is 29.8 Å². The minimum atomic E-state index is -3.54. The number of amides is 1. The van der Waals surface area contributed by atoms with Gasteiger partial charge in [-0.25, -0.2) is 8.42 Å². The topological polar surface area (TPSA) is 63.2 Å². The Morgan fingerprint density at radius 2 is 1.78 bits per heavy atom. The van der Waals surface area contributed by atoms with Crippen LogP contribution in [0.4, 0.5) is 0 Å². The maximum atomic E-state index is 12.2. The van der Waals surface area contributed by atoms with E-state index in [1.165, 1.54) is 12.1 Å². The Hall–Kier alpha value is -1.56. The highest BCUT2D eigenvalue weighted by atomic mass is 35.5. The monoisotopic (exact) mass is 371 g/mol. The van der Waals surface area contributed by atoms with E-state index in [1.54, 1.807) is 30.3 Å². The van der Waals surface area contributed by atoms with Crippen LogP contribution in [0.1, 0.15) is 12.0 Å². The van der Waals surface area contributed by atoms with Gasteiger partial charge < -0.3 is 5.32 Å². The average Bonchev–Trinajstić information content (AvgIpc) is 2.52. The van der Waals surface area contributed by atoms with Gasteiger partial charge in [0.1, 0.15) is 0 Å². The Balaban J connectivity index is 1.90. The quantitative estimate of drug-likeness (QED) is 0.845. The summed E-state index contributed by atoms with van der Waals surface area (Å²) in [5, 5.41) is 3.56. The highest BCUT2D eigenvalue weighted by Gasteiger charge is 2.16. The van der Waals surface area contributed by atoms with Crippen molar-refractivity contribution in [2.75, 3.05) is 5.75 Å². The molecule has 0 spiro atoms. The molecule has 7 heteroatoms. The largest absolute Gasteiger partial charge is 0.352 e. The Morgan fingerprint density at radius 1 is 1.04 bits per heavy atom. The Labute approximate surface area is 145 Å². The summed E-state index contributed by atoms with van der Waals surface area (Å²) in [6.45, 7) is 0.260. The molecular formula is C16H15Cl2NO3S. The molecule has 0 radical (unpaired) electrons. The molecule has 2 rings (SSSR count). The van der Waals surface area contributed by atoms with Crippen molar-refractivity contribution in [1.82, 2.24) is 5.32 Å². The molecule has 0 saturated carbocycles. The number of hydrogen-bond donors (Lipinski definition) is 1. The van der Waals surface area contributed by atoms with Crippen molar-refractivity contribution < 1.29 is 13.2 Å². The van der Waals surface area contributed by atoms with Gasteiger partial charge in [0.25, 0.3) is 0 Å². The second-order valence-corrected chi connectivity index (χ2v) is 7.85. The summed E-state index contributed by atoms with van der Waals surface area (Å²) in [6.07, 6.45) is -0.126. The lowest BCUT2D eigenvalue weighted by Crippen LogP contribution is -2.25. The number of sulfone groups is 1. The molecule has 1 amide bonds. The first-order valence-corrected chi connectivity index (χ1v) is 9.28. The van der Waals surface area contributed by atoms with Crippen molar-refractivity contribution in [2.24, 2.45) is 0 Å². The lowest BCUT2D eigenvalue weighted by Gasteiger charge is -2.08. The van der Waals surface area contributed by atoms with Gasteiger partial charge in [-0.3, -0.25) is 4.79 Å². The van der Waals surface area contributed by atoms with Gasteiger partial charge in [-0.1, -0.05) is 47.5 Å². The van der Waals surface area contributed by atoms with Gasteiger partial charge in [-0.15, -0.1) is 0 Å². The van der Waals surface area contributed by atoms with Crippen molar-refractivity contribution in [2.45, 2.75) is 17.9 Å². The van der Waals surface area contributed by atoms with E-state index < -0.39 is 9.84 Å². The molecule has 4 nitrogen and oxygen atoms in total. The number of benzene rings is 2. The highest BCUT2D eigenvalue weighted by molar-refractivity contribution is 7.91. The number of carbonyl (C=O) groups is 1. The predicted molar refractivity (Wildman–Crippen MR) is 91.4 cm³/mol. The van der Waals surface area contributed by atoms with E-state index in [4.69, 9.17) is 23.2 Å². The van der Waals surface area contributed by atoms with Crippen LogP contribution in [0.5, 0.6) is 0 Å². The molecular weight excluding hydrogens is 357 g/mol. The van der Waals surface area contributed by atoms with E-state index in [0.29, 0.717) is 10.0 Å². The summed E-state index contributed by atoms with van der Waals surface area (Å²) in [5.41, 5.74) is 0.778. The molecule has 0 atom stereocenters. The van der Waals surface area contributed by atoms with Gasteiger partial charge in [0.05, 0.1) is 10.6 Å². The SMILES string of the molecule is O=C(CCS(=O)(=O)c1cccc(Cl)c1)NCc1ccccc1Cl. The van der Waals surface area contributed by atoms with Gasteiger partial charge in [0.15, 0.2) is 9.84 Å². The van der Waals surface area contributed by atoms with Crippen LogP contribution in [-0.4, -0.2) is 20.1 Å². The normalized spacial score (nSPS) is 11.2. The summed E-state index contributed by atoms with van der Waals surface area (Å²) in [4.78, 5) is 11.9. The van der Waals surface area contributed by atoms with Crippen LogP contribution >= 0.6 is 23.2 Å². The van der Waals surface area contributed by atoms with E-state index >= 15 is 0 Å². The fourth-order valence-electron chi connectivity index (χ4n) is 1.93. The summed E-state index contributed by atoms with van der Waals surface area (Å²) < 4.78 is 24.3. The molecule has 0 aromatic heterocycles. The Kier molecular flexibility index (Phi) is 6.04. The fourth-order valence-corrected chi connectivity index (χ4v) is 3.67. The first-order chi connectivity index (χ1) is 10.9. The second-order valence-electron chi connectivity index (χ2n) is 4.89. The van der Waals surface area contributed by atoms with Crippen LogP contribution in [0.15, 0.2) is 53.4 Å². The van der Waals surface area contributed by atoms with Crippen LogP contribution in [0.25, 0.3) is 0 Å². The molecule has 122 valence electrons. The zero-order chi connectivity index (χ0) is 16.9. The van der Waals surface area contributed by atoms with Crippen molar-refractivity contribution in [3.63, 3.8) is 0 Å². The van der Waals surface area contributed by atoms with Crippen molar-refractivity contribution in [1.29, 1.82) is 0 Å². The maximum Gasteiger partial charge on any atom is 0.221 e. The summed E-state index contributed by atoms with van der Waals surface area (Å²) in [7, 11) is -3.54. The van der Waals surface area contributed by atoms with Crippen LogP contribution < -0.4 is 5.32 Å². The fraction of sp³-hybridized carbons (Fsp3) is 0.188. The zero-order valence-corrected chi connectivity index (χ0v) is 14.5. The Bertz CT molecular complexity index is 806. The molecule has 0 bridgehead atoms. The van der Waals surface area contributed by atoms with E-state index in [1.807, 2.05) is 6.07 Å². The van der Waals surface area contributed by atoms with E-state index in [9.17, 15) is 13.2 Å². The van der Waals surface area contributed by atoms with Gasteiger partial charge in [-0.2, -0.15) is 0 Å². The standard InChI is InChI=1S/C16H15Cl2NO3S/c17-13-5-3-6-14(10-13)23(21,22)9-8-16(20)19-11-12-4-1-2-7-15(12)18/h1-7,10H,8-9,11H2,(H,19,20). The lowest BCUT2D eigenvalue weighted by molar-refractivity contribution is -0.120. The summed E-state index contributed by atoms with van der Waals surface area (Å²) in [5.74, 6) is -0.627. The third-order valence-corrected chi connectivity index (χ3v) is 5.50. The van der Waals surface area contributed by atoms with Crippen LogP contribution in [0.3, 0.4) is 0 Å². The number of hydrogen-bond acceptors (Lipinski definition) is 3. The molecule has 0 fully saturated rings. The molecule has 1 N–H and O–H groups in total. The van der Waals surface area contributed by atoms with Crippen molar-refractivity contribution in [3.05, 3.63) is 64.1 Å². The molecule has 0 heterocycles. The van der Waals surface area contributed by atoms with Crippen molar-refractivity contribution in [3.8, 4) is 0 Å². The minimum absolute atomic E-state index is 0.115.